The number of benzene rings is 1. The Morgan fingerprint density at radius 2 is 2.00 bits per heavy atom. The largest absolute Gasteiger partial charge is 1.00 e. The quantitative estimate of drug-likeness (QED) is 0.324. The van der Waals surface area contributed by atoms with Crippen LogP contribution in [0.4, 0.5) is 0 Å². The predicted octanol–water partition coefficient (Wildman–Crippen LogP) is -2.40. The molecular weight excluding hydrogens is 245 g/mol. The molecule has 0 heterocycles. The average molecular weight is 259 g/mol. The molecule has 0 spiro atoms. The molecule has 18 heavy (non-hydrogen) atoms. The molecule has 0 aliphatic heterocycles. The van der Waals surface area contributed by atoms with E-state index in [1.165, 1.54) is 6.92 Å². The van der Waals surface area contributed by atoms with Crippen molar-refractivity contribution in [3.05, 3.63) is 30.3 Å². The predicted molar refractivity (Wildman–Crippen MR) is 60.6 cm³/mol. The minimum absolute atomic E-state index is 0. The molecule has 0 saturated carbocycles. The number of ether oxygens (including phenoxy) is 1. The summed E-state index contributed by atoms with van der Waals surface area (Å²) in [6.07, 6.45) is -0.226. The van der Waals surface area contributed by atoms with Crippen molar-refractivity contribution in [1.82, 2.24) is 0 Å². The van der Waals surface area contributed by atoms with Gasteiger partial charge in [0, 0.05) is 0 Å². The van der Waals surface area contributed by atoms with Crippen molar-refractivity contribution in [3.8, 4) is 5.75 Å². The first-order valence-corrected chi connectivity index (χ1v) is 5.19. The number of hydrogen-bond donors (Lipinski definition) is 0. The average Bonchev–Trinajstić information content (AvgIpc) is 2.30. The standard InChI is InChI=1S/C12H15NO4.Na/c1-9(8-16-13-10(2)12(14)15)17-11-6-4-3-5-7-11;/h3-7,9H,8H2,1-2H3,(H,14,15);/q;+1/p-1. The van der Waals surface area contributed by atoms with Crippen LogP contribution in [-0.2, 0) is 9.63 Å². The molecule has 0 aromatic heterocycles. The summed E-state index contributed by atoms with van der Waals surface area (Å²) in [5, 5.41) is 13.7. The molecule has 1 aromatic rings. The maximum absolute atomic E-state index is 10.3. The van der Waals surface area contributed by atoms with Gasteiger partial charge < -0.3 is 19.5 Å². The summed E-state index contributed by atoms with van der Waals surface area (Å²) in [6, 6.07) is 9.27. The Bertz CT molecular complexity index is 394. The summed E-state index contributed by atoms with van der Waals surface area (Å²) in [6.45, 7) is 3.27. The number of nitrogens with zero attached hydrogens (tertiary/aromatic N) is 1. The number of carbonyl (C=O) groups is 1. The minimum Gasteiger partial charge on any atom is -0.543 e. The van der Waals surface area contributed by atoms with Crippen molar-refractivity contribution in [2.75, 3.05) is 6.61 Å². The van der Waals surface area contributed by atoms with Crippen molar-refractivity contribution in [3.63, 3.8) is 0 Å². The molecule has 0 aliphatic rings. The minimum atomic E-state index is -1.35. The van der Waals surface area contributed by atoms with Crippen molar-refractivity contribution in [2.45, 2.75) is 20.0 Å². The summed E-state index contributed by atoms with van der Waals surface area (Å²) in [5.74, 6) is -0.620. The molecule has 0 radical (unpaired) electrons. The van der Waals surface area contributed by atoms with Crippen LogP contribution in [0.3, 0.4) is 0 Å². The Morgan fingerprint density at radius 3 is 2.56 bits per heavy atom. The van der Waals surface area contributed by atoms with Crippen LogP contribution in [-0.4, -0.2) is 24.4 Å². The Kier molecular flexibility index (Phi) is 8.45. The fourth-order valence-corrected chi connectivity index (χ4v) is 1.04. The van der Waals surface area contributed by atoms with E-state index in [0.29, 0.717) is 0 Å². The van der Waals surface area contributed by atoms with E-state index in [9.17, 15) is 9.90 Å². The van der Waals surface area contributed by atoms with Gasteiger partial charge in [-0.3, -0.25) is 0 Å². The number of aliphatic carboxylic acids is 1. The third-order valence-corrected chi connectivity index (χ3v) is 1.89. The van der Waals surface area contributed by atoms with Crippen LogP contribution in [0.15, 0.2) is 35.5 Å². The van der Waals surface area contributed by atoms with Crippen LogP contribution in [0, 0.1) is 0 Å². The fourth-order valence-electron chi connectivity index (χ4n) is 1.04. The monoisotopic (exact) mass is 259 g/mol. The molecule has 5 nitrogen and oxygen atoms in total. The van der Waals surface area contributed by atoms with Gasteiger partial charge in [0.25, 0.3) is 0 Å². The molecular formula is C12H14NNaO4. The molecule has 1 unspecified atom stereocenters. The topological polar surface area (TPSA) is 71.0 Å². The van der Waals surface area contributed by atoms with Crippen LogP contribution in [0.25, 0.3) is 0 Å². The van der Waals surface area contributed by atoms with Crippen molar-refractivity contribution >= 4 is 11.7 Å². The number of rotatable bonds is 6. The third kappa shape index (κ3) is 6.64. The molecule has 6 heteroatoms. The zero-order valence-electron chi connectivity index (χ0n) is 10.8. The van der Waals surface area contributed by atoms with Crippen molar-refractivity contribution in [1.29, 1.82) is 0 Å². The normalized spacial score (nSPS) is 12.2. The van der Waals surface area contributed by atoms with Gasteiger partial charge in [0.15, 0.2) is 6.61 Å². The van der Waals surface area contributed by atoms with E-state index in [2.05, 4.69) is 5.16 Å². The number of carbonyl (C=O) groups excluding carboxylic acids is 1. The van der Waals surface area contributed by atoms with Crippen LogP contribution in [0.1, 0.15) is 13.8 Å². The zero-order valence-corrected chi connectivity index (χ0v) is 12.8. The van der Waals surface area contributed by atoms with Gasteiger partial charge in [-0.1, -0.05) is 23.4 Å². The molecule has 0 aliphatic carbocycles. The summed E-state index contributed by atoms with van der Waals surface area (Å²) in [5.41, 5.74) is -0.197. The maximum Gasteiger partial charge on any atom is 1.00 e. The first-order valence-electron chi connectivity index (χ1n) is 5.19. The van der Waals surface area contributed by atoms with Gasteiger partial charge in [0.05, 0.1) is 11.7 Å². The second kappa shape index (κ2) is 8.97. The Labute approximate surface area is 128 Å². The molecule has 0 fully saturated rings. The molecule has 1 atom stereocenters. The Balaban J connectivity index is 0.00000289. The van der Waals surface area contributed by atoms with Gasteiger partial charge in [-0.25, -0.2) is 0 Å². The zero-order chi connectivity index (χ0) is 12.7. The molecule has 1 rings (SSSR count). The van der Waals surface area contributed by atoms with Gasteiger partial charge in [0.2, 0.25) is 0 Å². The molecule has 0 amide bonds. The molecule has 92 valence electrons. The van der Waals surface area contributed by atoms with E-state index in [4.69, 9.17) is 9.57 Å². The molecule has 1 aromatic carbocycles. The third-order valence-electron chi connectivity index (χ3n) is 1.89. The van der Waals surface area contributed by atoms with Gasteiger partial charge in [0.1, 0.15) is 11.9 Å². The second-order valence-corrected chi connectivity index (χ2v) is 3.50. The summed E-state index contributed by atoms with van der Waals surface area (Å²) in [7, 11) is 0. The number of oxime groups is 1. The number of hydrogen-bond acceptors (Lipinski definition) is 5. The molecule has 0 N–H and O–H groups in total. The van der Waals surface area contributed by atoms with Crippen LogP contribution < -0.4 is 39.4 Å². The number of carboxylic acids is 1. The van der Waals surface area contributed by atoms with E-state index in [1.807, 2.05) is 30.3 Å². The first-order chi connectivity index (χ1) is 8.09. The second-order valence-electron chi connectivity index (χ2n) is 3.50. The SMILES string of the molecule is CC(=NOCC(C)Oc1ccccc1)C(=O)[O-].[Na+]. The summed E-state index contributed by atoms with van der Waals surface area (Å²) < 4.78 is 5.50. The van der Waals surface area contributed by atoms with Gasteiger partial charge in [-0.2, -0.15) is 0 Å². The Hall–Kier alpha value is -1.04. The van der Waals surface area contributed by atoms with Crippen LogP contribution in [0.2, 0.25) is 0 Å². The first kappa shape index (κ1) is 17.0. The van der Waals surface area contributed by atoms with E-state index >= 15 is 0 Å². The van der Waals surface area contributed by atoms with E-state index in [0.717, 1.165) is 5.75 Å². The summed E-state index contributed by atoms with van der Waals surface area (Å²) >= 11 is 0. The Morgan fingerprint density at radius 1 is 1.39 bits per heavy atom. The number of para-hydroxylation sites is 1. The molecule has 0 bridgehead atoms. The van der Waals surface area contributed by atoms with Crippen LogP contribution in [0.5, 0.6) is 5.75 Å². The maximum atomic E-state index is 10.3. The smallest absolute Gasteiger partial charge is 0.543 e. The molecule has 0 saturated heterocycles. The van der Waals surface area contributed by atoms with Crippen molar-refractivity contribution < 1.29 is 49.0 Å². The summed E-state index contributed by atoms with van der Waals surface area (Å²) in [4.78, 5) is 15.1. The van der Waals surface area contributed by atoms with E-state index in [-0.39, 0.29) is 48.0 Å². The van der Waals surface area contributed by atoms with E-state index < -0.39 is 5.97 Å². The van der Waals surface area contributed by atoms with E-state index in [1.54, 1.807) is 6.92 Å². The van der Waals surface area contributed by atoms with Crippen molar-refractivity contribution in [2.24, 2.45) is 5.16 Å². The van der Waals surface area contributed by atoms with Gasteiger partial charge in [-0.15, -0.1) is 0 Å². The number of carboxylic acid groups (broad SMARTS) is 1. The fraction of sp³-hybridized carbons (Fsp3) is 0.333. The van der Waals surface area contributed by atoms with Crippen LogP contribution >= 0.6 is 0 Å². The van der Waals surface area contributed by atoms with Gasteiger partial charge >= 0.3 is 29.6 Å². The van der Waals surface area contributed by atoms with Gasteiger partial charge in [-0.05, 0) is 26.0 Å².